The SMILES string of the molecule is CC=CCc1cn([C@H]2CC(O)[C@@H](CO)O2)c(=O)nc1N. The van der Waals surface area contributed by atoms with E-state index in [0.717, 1.165) is 0 Å². The average molecular weight is 281 g/mol. The van der Waals surface area contributed by atoms with Gasteiger partial charge >= 0.3 is 5.69 Å². The maximum atomic E-state index is 11.9. The highest BCUT2D eigenvalue weighted by Gasteiger charge is 2.35. The van der Waals surface area contributed by atoms with Crippen molar-refractivity contribution in [3.8, 4) is 0 Å². The van der Waals surface area contributed by atoms with Crippen LogP contribution < -0.4 is 11.4 Å². The Labute approximate surface area is 116 Å². The summed E-state index contributed by atoms with van der Waals surface area (Å²) in [6, 6.07) is 0. The van der Waals surface area contributed by atoms with Crippen LogP contribution >= 0.6 is 0 Å². The molecular weight excluding hydrogens is 262 g/mol. The van der Waals surface area contributed by atoms with Crippen molar-refractivity contribution in [1.29, 1.82) is 0 Å². The molecule has 1 aliphatic heterocycles. The van der Waals surface area contributed by atoms with Crippen molar-refractivity contribution >= 4 is 5.82 Å². The first kappa shape index (κ1) is 14.7. The molecule has 0 saturated carbocycles. The van der Waals surface area contributed by atoms with E-state index in [4.69, 9.17) is 15.6 Å². The van der Waals surface area contributed by atoms with Gasteiger partial charge in [0.15, 0.2) is 0 Å². The Morgan fingerprint density at radius 2 is 2.40 bits per heavy atom. The highest BCUT2D eigenvalue weighted by atomic mass is 16.5. The summed E-state index contributed by atoms with van der Waals surface area (Å²) in [6.45, 7) is 1.60. The molecule has 2 heterocycles. The van der Waals surface area contributed by atoms with Gasteiger partial charge in [-0.2, -0.15) is 4.98 Å². The van der Waals surface area contributed by atoms with Crippen molar-refractivity contribution in [2.75, 3.05) is 12.3 Å². The van der Waals surface area contributed by atoms with Gasteiger partial charge in [0.05, 0.1) is 12.7 Å². The fourth-order valence-corrected chi connectivity index (χ4v) is 2.18. The van der Waals surface area contributed by atoms with Crippen LogP contribution in [0.2, 0.25) is 0 Å². The molecule has 1 fully saturated rings. The van der Waals surface area contributed by atoms with Gasteiger partial charge in [-0.25, -0.2) is 4.79 Å². The summed E-state index contributed by atoms with van der Waals surface area (Å²) < 4.78 is 6.77. The third-order valence-electron chi connectivity index (χ3n) is 3.33. The van der Waals surface area contributed by atoms with Crippen LogP contribution in [0, 0.1) is 0 Å². The van der Waals surface area contributed by atoms with Crippen molar-refractivity contribution in [2.24, 2.45) is 0 Å². The van der Waals surface area contributed by atoms with E-state index in [2.05, 4.69) is 4.98 Å². The molecule has 2 rings (SSSR count). The van der Waals surface area contributed by atoms with Crippen molar-refractivity contribution in [3.63, 3.8) is 0 Å². The Kier molecular flexibility index (Phi) is 4.53. The zero-order valence-electron chi connectivity index (χ0n) is 11.3. The number of hydrogen-bond acceptors (Lipinski definition) is 6. The van der Waals surface area contributed by atoms with Crippen molar-refractivity contribution in [2.45, 2.75) is 38.2 Å². The molecule has 0 aromatic carbocycles. The summed E-state index contributed by atoms with van der Waals surface area (Å²) in [5.41, 5.74) is 5.91. The summed E-state index contributed by atoms with van der Waals surface area (Å²) in [5.74, 6) is 0.196. The second kappa shape index (κ2) is 6.17. The lowest BCUT2D eigenvalue weighted by atomic mass is 10.2. The van der Waals surface area contributed by atoms with Gasteiger partial charge in [0, 0.05) is 18.2 Å². The maximum absolute atomic E-state index is 11.9. The lowest BCUT2D eigenvalue weighted by Crippen LogP contribution is -2.29. The molecule has 7 nitrogen and oxygen atoms in total. The Morgan fingerprint density at radius 3 is 3.00 bits per heavy atom. The number of ether oxygens (including phenoxy) is 1. The third-order valence-corrected chi connectivity index (χ3v) is 3.33. The summed E-state index contributed by atoms with van der Waals surface area (Å²) in [5, 5.41) is 18.8. The molecule has 0 bridgehead atoms. The van der Waals surface area contributed by atoms with Crippen LogP contribution in [0.3, 0.4) is 0 Å². The van der Waals surface area contributed by atoms with E-state index in [0.29, 0.717) is 12.0 Å². The average Bonchev–Trinajstić information content (AvgIpc) is 2.79. The minimum Gasteiger partial charge on any atom is -0.394 e. The molecule has 1 aromatic rings. The van der Waals surface area contributed by atoms with E-state index in [-0.39, 0.29) is 18.8 Å². The molecule has 20 heavy (non-hydrogen) atoms. The lowest BCUT2D eigenvalue weighted by molar-refractivity contribution is -0.0459. The van der Waals surface area contributed by atoms with Crippen LogP contribution in [0.1, 0.15) is 25.1 Å². The second-order valence-corrected chi connectivity index (χ2v) is 4.73. The van der Waals surface area contributed by atoms with E-state index >= 15 is 0 Å². The second-order valence-electron chi connectivity index (χ2n) is 4.73. The number of nitrogen functional groups attached to an aromatic ring is 1. The number of aliphatic hydroxyl groups is 2. The van der Waals surface area contributed by atoms with Crippen LogP contribution in [-0.2, 0) is 11.2 Å². The molecule has 0 spiro atoms. The van der Waals surface area contributed by atoms with Crippen LogP contribution in [-0.4, -0.2) is 38.6 Å². The van der Waals surface area contributed by atoms with Crippen molar-refractivity contribution in [3.05, 3.63) is 34.4 Å². The minimum absolute atomic E-state index is 0.196. The Bertz CT molecular complexity index is 555. The number of aliphatic hydroxyl groups excluding tert-OH is 2. The number of allylic oxidation sites excluding steroid dienone is 2. The van der Waals surface area contributed by atoms with Crippen LogP contribution in [0.15, 0.2) is 23.1 Å². The molecular formula is C13H19N3O4. The highest BCUT2D eigenvalue weighted by molar-refractivity contribution is 5.38. The molecule has 1 aromatic heterocycles. The van der Waals surface area contributed by atoms with E-state index in [9.17, 15) is 9.90 Å². The molecule has 1 aliphatic rings. The number of hydrogen-bond donors (Lipinski definition) is 3. The molecule has 4 N–H and O–H groups in total. The van der Waals surface area contributed by atoms with Gasteiger partial charge < -0.3 is 20.7 Å². The van der Waals surface area contributed by atoms with Gasteiger partial charge in [-0.05, 0) is 13.3 Å². The van der Waals surface area contributed by atoms with Gasteiger partial charge in [-0.1, -0.05) is 12.2 Å². The van der Waals surface area contributed by atoms with E-state index in [1.165, 1.54) is 4.57 Å². The fourth-order valence-electron chi connectivity index (χ4n) is 2.18. The molecule has 0 amide bonds. The maximum Gasteiger partial charge on any atom is 0.351 e. The predicted molar refractivity (Wildman–Crippen MR) is 73.0 cm³/mol. The number of nitrogens with zero attached hydrogens (tertiary/aromatic N) is 2. The first-order valence-corrected chi connectivity index (χ1v) is 6.50. The monoisotopic (exact) mass is 281 g/mol. The molecule has 1 saturated heterocycles. The predicted octanol–water partition coefficient (Wildman–Crippen LogP) is -0.415. The molecule has 110 valence electrons. The number of rotatable bonds is 4. The van der Waals surface area contributed by atoms with Gasteiger partial charge in [0.2, 0.25) is 0 Å². The van der Waals surface area contributed by atoms with Gasteiger partial charge in [0.1, 0.15) is 18.1 Å². The first-order chi connectivity index (χ1) is 9.56. The number of nitrogens with two attached hydrogens (primary N) is 1. The van der Waals surface area contributed by atoms with Crippen LogP contribution in [0.5, 0.6) is 0 Å². The normalized spacial score (nSPS) is 26.4. The summed E-state index contributed by atoms with van der Waals surface area (Å²) in [7, 11) is 0. The zero-order valence-corrected chi connectivity index (χ0v) is 11.3. The molecule has 7 heteroatoms. The van der Waals surface area contributed by atoms with Crippen LogP contribution in [0.4, 0.5) is 5.82 Å². The molecule has 0 radical (unpaired) electrons. The topological polar surface area (TPSA) is 111 Å². The standard InChI is InChI=1S/C13H19N3O4/c1-2-3-4-8-6-16(13(19)15-12(8)14)11-5-9(18)10(7-17)20-11/h2-3,6,9-11,17-18H,4-5,7H2,1H3,(H2,14,15,19)/t9?,10-,11-/m1/s1. The highest BCUT2D eigenvalue weighted by Crippen LogP contribution is 2.27. The zero-order chi connectivity index (χ0) is 14.7. The Morgan fingerprint density at radius 1 is 1.65 bits per heavy atom. The Hall–Kier alpha value is -1.70. The van der Waals surface area contributed by atoms with Gasteiger partial charge in [0.25, 0.3) is 0 Å². The number of aromatic nitrogens is 2. The third kappa shape index (κ3) is 2.90. The van der Waals surface area contributed by atoms with Crippen LogP contribution in [0.25, 0.3) is 0 Å². The molecule has 0 aliphatic carbocycles. The largest absolute Gasteiger partial charge is 0.394 e. The minimum atomic E-state index is -0.798. The summed E-state index contributed by atoms with van der Waals surface area (Å²) in [4.78, 5) is 15.7. The summed E-state index contributed by atoms with van der Waals surface area (Å²) in [6.07, 6.45) is 4.08. The smallest absolute Gasteiger partial charge is 0.351 e. The lowest BCUT2D eigenvalue weighted by Gasteiger charge is -2.15. The van der Waals surface area contributed by atoms with Gasteiger partial charge in [-0.3, -0.25) is 4.57 Å². The van der Waals surface area contributed by atoms with E-state index in [1.54, 1.807) is 6.20 Å². The number of anilines is 1. The fraction of sp³-hybridized carbons (Fsp3) is 0.538. The Balaban J connectivity index is 2.30. The van der Waals surface area contributed by atoms with E-state index < -0.39 is 24.1 Å². The van der Waals surface area contributed by atoms with Gasteiger partial charge in [-0.15, -0.1) is 0 Å². The van der Waals surface area contributed by atoms with E-state index in [1.807, 2.05) is 19.1 Å². The van der Waals surface area contributed by atoms with Crippen molar-refractivity contribution in [1.82, 2.24) is 9.55 Å². The quantitative estimate of drug-likeness (QED) is 0.647. The van der Waals surface area contributed by atoms with Crippen molar-refractivity contribution < 1.29 is 14.9 Å². The molecule has 3 atom stereocenters. The summed E-state index contributed by atoms with van der Waals surface area (Å²) >= 11 is 0. The molecule has 1 unspecified atom stereocenters. The first-order valence-electron chi connectivity index (χ1n) is 6.50.